The number of rotatable bonds is 4. The molecule has 25 heavy (non-hydrogen) atoms. The highest BCUT2D eigenvalue weighted by Crippen LogP contribution is 2.35. The molecule has 130 valence electrons. The lowest BCUT2D eigenvalue weighted by Gasteiger charge is -2.30. The third-order valence-corrected chi connectivity index (χ3v) is 4.47. The molecule has 1 aliphatic rings. The predicted molar refractivity (Wildman–Crippen MR) is 92.4 cm³/mol. The van der Waals surface area contributed by atoms with Gasteiger partial charge in [-0.2, -0.15) is 0 Å². The smallest absolute Gasteiger partial charge is 0.337 e. The fourth-order valence-electron chi connectivity index (χ4n) is 3.08. The summed E-state index contributed by atoms with van der Waals surface area (Å²) in [6.45, 7) is 1.89. The molecule has 5 nitrogen and oxygen atoms in total. The van der Waals surface area contributed by atoms with Crippen LogP contribution in [-0.2, 0) is 11.2 Å². The van der Waals surface area contributed by atoms with E-state index in [-0.39, 0.29) is 17.8 Å². The standard InChI is InChI=1S/C20H20O5/c1-12-16(10-13-5-4-6-14(9-13)20(22)24-3)19(21)17-11-15(23-2)7-8-18(17)25-12/h4-9,11-12,16H,10H2,1-3H3/t12-,16-/m1/s1. The number of carbonyl (C=O) groups is 2. The van der Waals surface area contributed by atoms with Crippen molar-refractivity contribution in [2.24, 2.45) is 5.92 Å². The van der Waals surface area contributed by atoms with Crippen molar-refractivity contribution in [1.29, 1.82) is 0 Å². The van der Waals surface area contributed by atoms with E-state index < -0.39 is 5.97 Å². The number of methoxy groups -OCH3 is 2. The quantitative estimate of drug-likeness (QED) is 0.799. The molecule has 5 heteroatoms. The van der Waals surface area contributed by atoms with Gasteiger partial charge in [-0.1, -0.05) is 12.1 Å². The Hall–Kier alpha value is -2.82. The molecule has 2 atom stereocenters. The number of benzene rings is 2. The van der Waals surface area contributed by atoms with E-state index in [1.54, 1.807) is 43.5 Å². The van der Waals surface area contributed by atoms with Crippen LogP contribution in [0.25, 0.3) is 0 Å². The van der Waals surface area contributed by atoms with Gasteiger partial charge < -0.3 is 14.2 Å². The lowest BCUT2D eigenvalue weighted by atomic mass is 9.85. The summed E-state index contributed by atoms with van der Waals surface area (Å²) in [5.41, 5.74) is 1.90. The lowest BCUT2D eigenvalue weighted by Crippen LogP contribution is -2.37. The second kappa shape index (κ2) is 6.97. The van der Waals surface area contributed by atoms with Crippen LogP contribution in [0.5, 0.6) is 11.5 Å². The van der Waals surface area contributed by atoms with Crippen LogP contribution in [0, 0.1) is 5.92 Å². The molecular weight excluding hydrogens is 320 g/mol. The van der Waals surface area contributed by atoms with E-state index in [4.69, 9.17) is 14.2 Å². The van der Waals surface area contributed by atoms with Crippen molar-refractivity contribution in [3.05, 3.63) is 59.2 Å². The second-order valence-corrected chi connectivity index (χ2v) is 6.05. The van der Waals surface area contributed by atoms with Crippen LogP contribution >= 0.6 is 0 Å². The van der Waals surface area contributed by atoms with Crippen LogP contribution in [0.15, 0.2) is 42.5 Å². The Morgan fingerprint density at radius 1 is 1.16 bits per heavy atom. The van der Waals surface area contributed by atoms with E-state index in [2.05, 4.69) is 0 Å². The molecule has 0 saturated heterocycles. The second-order valence-electron chi connectivity index (χ2n) is 6.05. The van der Waals surface area contributed by atoms with Crippen molar-refractivity contribution in [2.75, 3.05) is 14.2 Å². The molecule has 0 N–H and O–H groups in total. The Morgan fingerprint density at radius 3 is 2.68 bits per heavy atom. The fourth-order valence-corrected chi connectivity index (χ4v) is 3.08. The van der Waals surface area contributed by atoms with E-state index in [0.717, 1.165) is 5.56 Å². The maximum Gasteiger partial charge on any atom is 0.337 e. The van der Waals surface area contributed by atoms with Gasteiger partial charge >= 0.3 is 5.97 Å². The van der Waals surface area contributed by atoms with Gasteiger partial charge in [-0.15, -0.1) is 0 Å². The molecule has 2 aromatic rings. The first kappa shape index (κ1) is 17.0. The van der Waals surface area contributed by atoms with E-state index in [1.165, 1.54) is 7.11 Å². The van der Waals surface area contributed by atoms with E-state index >= 15 is 0 Å². The third-order valence-electron chi connectivity index (χ3n) is 4.47. The summed E-state index contributed by atoms with van der Waals surface area (Å²) in [5, 5.41) is 0. The first-order chi connectivity index (χ1) is 12.0. The molecule has 0 amide bonds. The predicted octanol–water partition coefficient (Wildman–Crippen LogP) is 3.30. The first-order valence-corrected chi connectivity index (χ1v) is 8.09. The zero-order valence-corrected chi connectivity index (χ0v) is 14.4. The van der Waals surface area contributed by atoms with Gasteiger partial charge in [-0.05, 0) is 49.2 Å². The van der Waals surface area contributed by atoms with E-state index in [0.29, 0.717) is 29.0 Å². The van der Waals surface area contributed by atoms with Crippen molar-refractivity contribution in [3.8, 4) is 11.5 Å². The van der Waals surface area contributed by atoms with Crippen LogP contribution in [0.3, 0.4) is 0 Å². The van der Waals surface area contributed by atoms with E-state index in [1.807, 2.05) is 13.0 Å². The highest BCUT2D eigenvalue weighted by Gasteiger charge is 2.35. The SMILES string of the molecule is COC(=O)c1cccc(C[C@H]2C(=O)c3cc(OC)ccc3O[C@@H]2C)c1. The Labute approximate surface area is 146 Å². The number of ether oxygens (including phenoxy) is 3. The van der Waals surface area contributed by atoms with Crippen LogP contribution in [0.1, 0.15) is 33.2 Å². The number of fused-ring (bicyclic) bond motifs is 1. The third kappa shape index (κ3) is 3.36. The Morgan fingerprint density at radius 2 is 1.96 bits per heavy atom. The highest BCUT2D eigenvalue weighted by molar-refractivity contribution is 6.02. The molecule has 1 aliphatic heterocycles. The molecule has 3 rings (SSSR count). The topological polar surface area (TPSA) is 61.8 Å². The van der Waals surface area contributed by atoms with Crippen molar-refractivity contribution < 1.29 is 23.8 Å². The molecule has 0 bridgehead atoms. The molecule has 1 heterocycles. The molecular formula is C20H20O5. The Balaban J connectivity index is 1.87. The van der Waals surface area contributed by atoms with Crippen LogP contribution in [0.2, 0.25) is 0 Å². The summed E-state index contributed by atoms with van der Waals surface area (Å²) in [7, 11) is 2.91. The number of hydrogen-bond acceptors (Lipinski definition) is 5. The molecule has 0 saturated carbocycles. The van der Waals surface area contributed by atoms with Crippen LogP contribution in [-0.4, -0.2) is 32.1 Å². The number of hydrogen-bond donors (Lipinski definition) is 0. The number of ketones is 1. The minimum atomic E-state index is -0.392. The average molecular weight is 340 g/mol. The molecule has 0 aliphatic carbocycles. The van der Waals surface area contributed by atoms with Crippen molar-refractivity contribution in [2.45, 2.75) is 19.4 Å². The first-order valence-electron chi connectivity index (χ1n) is 8.09. The van der Waals surface area contributed by atoms with Gasteiger partial charge in [-0.3, -0.25) is 4.79 Å². The van der Waals surface area contributed by atoms with Gasteiger partial charge in [0.25, 0.3) is 0 Å². The van der Waals surface area contributed by atoms with Crippen molar-refractivity contribution in [3.63, 3.8) is 0 Å². The molecule has 2 aromatic carbocycles. The van der Waals surface area contributed by atoms with Gasteiger partial charge in [0.2, 0.25) is 0 Å². The van der Waals surface area contributed by atoms with E-state index in [9.17, 15) is 9.59 Å². The summed E-state index contributed by atoms with van der Waals surface area (Å²) >= 11 is 0. The summed E-state index contributed by atoms with van der Waals surface area (Å²) in [6, 6.07) is 12.4. The zero-order chi connectivity index (χ0) is 18.0. The van der Waals surface area contributed by atoms with Crippen LogP contribution < -0.4 is 9.47 Å². The number of Topliss-reactive ketones (excluding diaryl/α,β-unsaturated/α-hetero) is 1. The normalized spacial score (nSPS) is 18.9. The summed E-state index contributed by atoms with van der Waals surface area (Å²) < 4.78 is 15.9. The van der Waals surface area contributed by atoms with Gasteiger partial charge in [0.05, 0.1) is 31.3 Å². The summed E-state index contributed by atoms with van der Waals surface area (Å²) in [4.78, 5) is 24.6. The lowest BCUT2D eigenvalue weighted by molar-refractivity contribution is 0.0600. The fraction of sp³-hybridized carbons (Fsp3) is 0.300. The van der Waals surface area contributed by atoms with Crippen molar-refractivity contribution >= 4 is 11.8 Å². The highest BCUT2D eigenvalue weighted by atomic mass is 16.5. The Bertz CT molecular complexity index is 811. The monoisotopic (exact) mass is 340 g/mol. The number of esters is 1. The summed E-state index contributed by atoms with van der Waals surface area (Å²) in [6.07, 6.45) is 0.233. The minimum Gasteiger partial charge on any atom is -0.497 e. The molecule has 0 radical (unpaired) electrons. The molecule has 0 aromatic heterocycles. The van der Waals surface area contributed by atoms with Gasteiger partial charge in [-0.25, -0.2) is 4.79 Å². The minimum absolute atomic E-state index is 0.0242. The molecule has 0 unspecified atom stereocenters. The zero-order valence-electron chi connectivity index (χ0n) is 14.4. The molecule has 0 spiro atoms. The van der Waals surface area contributed by atoms with Crippen molar-refractivity contribution in [1.82, 2.24) is 0 Å². The van der Waals surface area contributed by atoms with Crippen LogP contribution in [0.4, 0.5) is 0 Å². The largest absolute Gasteiger partial charge is 0.497 e. The van der Waals surface area contributed by atoms with Gasteiger partial charge in [0, 0.05) is 0 Å². The van der Waals surface area contributed by atoms with Gasteiger partial charge in [0.15, 0.2) is 5.78 Å². The van der Waals surface area contributed by atoms with Gasteiger partial charge in [0.1, 0.15) is 17.6 Å². The maximum absolute atomic E-state index is 12.9. The number of carbonyl (C=O) groups excluding carboxylic acids is 2. The maximum atomic E-state index is 12.9. The molecule has 0 fully saturated rings. The Kier molecular flexibility index (Phi) is 4.74. The average Bonchev–Trinajstić information content (AvgIpc) is 2.64. The summed E-state index contributed by atoms with van der Waals surface area (Å²) in [5.74, 6) is 0.509.